The molecule has 3 nitrogen and oxygen atoms in total. The molecule has 0 aliphatic carbocycles. The molecule has 0 aliphatic rings. The van der Waals surface area contributed by atoms with Crippen molar-refractivity contribution in [1.29, 1.82) is 0 Å². The van der Waals surface area contributed by atoms with Crippen LogP contribution in [0.2, 0.25) is 0 Å². The first-order valence-electron chi connectivity index (χ1n) is 5.26. The van der Waals surface area contributed by atoms with Crippen molar-refractivity contribution in [2.45, 2.75) is 26.1 Å². The fourth-order valence-electron chi connectivity index (χ4n) is 1.78. The molecular weight excluding hydrogens is 231 g/mol. The molecule has 0 radical (unpaired) electrons. The molecular formula is C11H12F3N3. The fraction of sp³-hybridized carbons (Fsp3) is 0.364. The standard InChI is InChI=1S/C11H12F3N3/c1-2-5-17-9-4-3-7(11(12,13)14)6-8(9)16-10(17)15/h3-4,6H,2,5H2,1H3,(H2,15,16). The van der Waals surface area contributed by atoms with E-state index in [-0.39, 0.29) is 11.5 Å². The second-order valence-corrected chi connectivity index (χ2v) is 3.82. The van der Waals surface area contributed by atoms with Gasteiger partial charge in [0.2, 0.25) is 5.95 Å². The van der Waals surface area contributed by atoms with Crippen LogP contribution in [0.25, 0.3) is 11.0 Å². The molecule has 92 valence electrons. The second kappa shape index (κ2) is 3.94. The number of imidazole rings is 1. The minimum atomic E-state index is -4.35. The van der Waals surface area contributed by atoms with E-state index in [2.05, 4.69) is 4.98 Å². The summed E-state index contributed by atoms with van der Waals surface area (Å²) in [5.41, 5.74) is 5.89. The van der Waals surface area contributed by atoms with Crippen LogP contribution in [0.4, 0.5) is 19.1 Å². The first-order chi connectivity index (χ1) is 7.93. The number of aromatic nitrogens is 2. The van der Waals surface area contributed by atoms with Gasteiger partial charge in [-0.2, -0.15) is 13.2 Å². The summed E-state index contributed by atoms with van der Waals surface area (Å²) >= 11 is 0. The lowest BCUT2D eigenvalue weighted by Gasteiger charge is -2.07. The number of hydrogen-bond acceptors (Lipinski definition) is 2. The zero-order valence-electron chi connectivity index (χ0n) is 9.25. The quantitative estimate of drug-likeness (QED) is 0.880. The summed E-state index contributed by atoms with van der Waals surface area (Å²) in [6, 6.07) is 3.49. The number of fused-ring (bicyclic) bond motifs is 1. The number of halogens is 3. The van der Waals surface area contributed by atoms with Gasteiger partial charge in [0.1, 0.15) is 0 Å². The Balaban J connectivity index is 2.58. The van der Waals surface area contributed by atoms with Crippen molar-refractivity contribution in [2.75, 3.05) is 5.73 Å². The molecule has 0 saturated carbocycles. The van der Waals surface area contributed by atoms with E-state index in [4.69, 9.17) is 5.73 Å². The number of nitrogen functional groups attached to an aromatic ring is 1. The highest BCUT2D eigenvalue weighted by molar-refractivity contribution is 5.79. The SMILES string of the molecule is CCCn1c(N)nc2cc(C(F)(F)F)ccc21. The van der Waals surface area contributed by atoms with Gasteiger partial charge < -0.3 is 10.3 Å². The van der Waals surface area contributed by atoms with Crippen LogP contribution in [0, 0.1) is 0 Å². The predicted molar refractivity (Wildman–Crippen MR) is 59.4 cm³/mol. The van der Waals surface area contributed by atoms with E-state index in [0.29, 0.717) is 12.1 Å². The van der Waals surface area contributed by atoms with Gasteiger partial charge in [-0.25, -0.2) is 4.98 Å². The monoisotopic (exact) mass is 243 g/mol. The van der Waals surface area contributed by atoms with Crippen molar-refractivity contribution in [3.05, 3.63) is 23.8 Å². The molecule has 0 spiro atoms. The molecule has 1 aromatic heterocycles. The Kier molecular flexibility index (Phi) is 2.73. The van der Waals surface area contributed by atoms with Crippen molar-refractivity contribution in [3.63, 3.8) is 0 Å². The van der Waals surface area contributed by atoms with Gasteiger partial charge in [0.25, 0.3) is 0 Å². The number of benzene rings is 1. The molecule has 2 rings (SSSR count). The number of alkyl halides is 3. The molecule has 0 amide bonds. The molecule has 6 heteroatoms. The zero-order chi connectivity index (χ0) is 12.6. The van der Waals surface area contributed by atoms with Crippen LogP contribution < -0.4 is 5.73 Å². The summed E-state index contributed by atoms with van der Waals surface area (Å²) in [5.74, 6) is 0.251. The third kappa shape index (κ3) is 2.07. The fourth-order valence-corrected chi connectivity index (χ4v) is 1.78. The lowest BCUT2D eigenvalue weighted by molar-refractivity contribution is -0.137. The molecule has 2 N–H and O–H groups in total. The molecule has 0 fully saturated rings. The maximum atomic E-state index is 12.5. The Labute approximate surface area is 96.0 Å². The first-order valence-corrected chi connectivity index (χ1v) is 5.26. The third-order valence-corrected chi connectivity index (χ3v) is 2.55. The van der Waals surface area contributed by atoms with E-state index < -0.39 is 11.7 Å². The maximum absolute atomic E-state index is 12.5. The highest BCUT2D eigenvalue weighted by Crippen LogP contribution is 2.31. The molecule has 1 aromatic carbocycles. The van der Waals surface area contributed by atoms with Crippen molar-refractivity contribution in [1.82, 2.24) is 9.55 Å². The van der Waals surface area contributed by atoms with Crippen molar-refractivity contribution >= 4 is 17.0 Å². The van der Waals surface area contributed by atoms with Gasteiger partial charge in [0, 0.05) is 6.54 Å². The minimum Gasteiger partial charge on any atom is -0.369 e. The molecule has 2 aromatic rings. The van der Waals surface area contributed by atoms with Gasteiger partial charge in [0.15, 0.2) is 0 Å². The normalized spacial score (nSPS) is 12.2. The lowest BCUT2D eigenvalue weighted by atomic mass is 10.2. The zero-order valence-corrected chi connectivity index (χ0v) is 9.25. The average molecular weight is 243 g/mol. The topological polar surface area (TPSA) is 43.8 Å². The summed E-state index contributed by atoms with van der Waals surface area (Å²) in [6.07, 6.45) is -3.51. The van der Waals surface area contributed by atoms with Gasteiger partial charge in [-0.1, -0.05) is 6.92 Å². The van der Waals surface area contributed by atoms with E-state index >= 15 is 0 Å². The van der Waals surface area contributed by atoms with E-state index in [1.54, 1.807) is 4.57 Å². The Morgan fingerprint density at radius 3 is 2.65 bits per heavy atom. The van der Waals surface area contributed by atoms with E-state index in [1.165, 1.54) is 6.07 Å². The number of aryl methyl sites for hydroxylation is 1. The van der Waals surface area contributed by atoms with Crippen LogP contribution >= 0.6 is 0 Å². The summed E-state index contributed by atoms with van der Waals surface area (Å²) in [7, 11) is 0. The number of anilines is 1. The second-order valence-electron chi connectivity index (χ2n) is 3.82. The van der Waals surface area contributed by atoms with Crippen molar-refractivity contribution in [2.24, 2.45) is 0 Å². The van der Waals surface area contributed by atoms with Gasteiger partial charge >= 0.3 is 6.18 Å². The van der Waals surface area contributed by atoms with Crippen molar-refractivity contribution < 1.29 is 13.2 Å². The number of nitrogens with two attached hydrogens (primary N) is 1. The number of hydrogen-bond donors (Lipinski definition) is 1. The molecule has 0 saturated heterocycles. The Bertz CT molecular complexity index is 543. The summed E-state index contributed by atoms with van der Waals surface area (Å²) in [6.45, 7) is 2.61. The van der Waals surface area contributed by atoms with Gasteiger partial charge in [0.05, 0.1) is 16.6 Å². The van der Waals surface area contributed by atoms with Crippen LogP contribution in [0.5, 0.6) is 0 Å². The van der Waals surface area contributed by atoms with Crippen LogP contribution in [0.3, 0.4) is 0 Å². The summed E-state index contributed by atoms with van der Waals surface area (Å²) in [5, 5.41) is 0. The largest absolute Gasteiger partial charge is 0.416 e. The Morgan fingerprint density at radius 2 is 2.06 bits per heavy atom. The lowest BCUT2D eigenvalue weighted by Crippen LogP contribution is -2.05. The van der Waals surface area contributed by atoms with Crippen molar-refractivity contribution in [3.8, 4) is 0 Å². The van der Waals surface area contributed by atoms with E-state index in [9.17, 15) is 13.2 Å². The van der Waals surface area contributed by atoms with E-state index in [1.807, 2.05) is 6.92 Å². The predicted octanol–water partition coefficient (Wildman–Crippen LogP) is 3.05. The molecule has 0 aliphatic heterocycles. The van der Waals surface area contributed by atoms with E-state index in [0.717, 1.165) is 18.6 Å². The van der Waals surface area contributed by atoms with Crippen LogP contribution in [-0.4, -0.2) is 9.55 Å². The Hall–Kier alpha value is -1.72. The molecule has 0 atom stereocenters. The molecule has 17 heavy (non-hydrogen) atoms. The number of rotatable bonds is 2. The summed E-state index contributed by atoms with van der Waals surface area (Å²) in [4.78, 5) is 3.95. The smallest absolute Gasteiger partial charge is 0.369 e. The van der Waals surface area contributed by atoms with Gasteiger partial charge in [-0.15, -0.1) is 0 Å². The highest BCUT2D eigenvalue weighted by atomic mass is 19.4. The highest BCUT2D eigenvalue weighted by Gasteiger charge is 2.30. The first kappa shape index (κ1) is 11.8. The van der Waals surface area contributed by atoms with Gasteiger partial charge in [-0.3, -0.25) is 0 Å². The van der Waals surface area contributed by atoms with Crippen LogP contribution in [0.15, 0.2) is 18.2 Å². The molecule has 0 bridgehead atoms. The number of nitrogens with zero attached hydrogens (tertiary/aromatic N) is 2. The minimum absolute atomic E-state index is 0.251. The average Bonchev–Trinajstić information content (AvgIpc) is 2.54. The van der Waals surface area contributed by atoms with Crippen LogP contribution in [-0.2, 0) is 12.7 Å². The molecule has 0 unspecified atom stereocenters. The molecule has 1 heterocycles. The van der Waals surface area contributed by atoms with Crippen LogP contribution in [0.1, 0.15) is 18.9 Å². The summed E-state index contributed by atoms with van der Waals surface area (Å²) < 4.78 is 39.2. The Morgan fingerprint density at radius 1 is 1.35 bits per heavy atom. The third-order valence-electron chi connectivity index (χ3n) is 2.55. The van der Waals surface area contributed by atoms with Gasteiger partial charge in [-0.05, 0) is 24.6 Å². The maximum Gasteiger partial charge on any atom is 0.416 e.